The molecule has 1 aromatic rings. The summed E-state index contributed by atoms with van der Waals surface area (Å²) in [5.74, 6) is 0.681. The molecule has 2 atom stereocenters. The largest absolute Gasteiger partial charge is 0.316 e. The lowest BCUT2D eigenvalue weighted by Crippen LogP contribution is -2.45. The molecule has 0 aromatic heterocycles. The second-order valence-corrected chi connectivity index (χ2v) is 7.09. The summed E-state index contributed by atoms with van der Waals surface area (Å²) in [7, 11) is 0. The predicted octanol–water partition coefficient (Wildman–Crippen LogP) is 3.17. The van der Waals surface area contributed by atoms with E-state index in [-0.39, 0.29) is 0 Å². The topological polar surface area (TPSA) is 15.3 Å². The van der Waals surface area contributed by atoms with Crippen molar-refractivity contribution in [3.8, 4) is 0 Å². The molecular weight excluding hydrogens is 244 g/mol. The number of benzene rings is 1. The first-order chi connectivity index (χ1) is 9.61. The summed E-state index contributed by atoms with van der Waals surface area (Å²) in [6, 6.07) is 9.93. The summed E-state index contributed by atoms with van der Waals surface area (Å²) in [6.07, 6.45) is 2.69. The molecule has 2 aliphatic heterocycles. The molecular formula is C18H28N2. The molecule has 0 bridgehead atoms. The lowest BCUT2D eigenvalue weighted by atomic mass is 9.67. The molecule has 110 valence electrons. The van der Waals surface area contributed by atoms with Crippen molar-refractivity contribution in [3.05, 3.63) is 35.4 Å². The van der Waals surface area contributed by atoms with Crippen molar-refractivity contribution in [1.82, 2.24) is 10.2 Å². The van der Waals surface area contributed by atoms with Gasteiger partial charge in [-0.15, -0.1) is 0 Å². The molecule has 2 fully saturated rings. The average Bonchev–Trinajstić information content (AvgIpc) is 2.86. The Morgan fingerprint density at radius 3 is 2.60 bits per heavy atom. The minimum absolute atomic E-state index is 0.505. The molecule has 1 spiro atoms. The summed E-state index contributed by atoms with van der Waals surface area (Å²) >= 11 is 0. The van der Waals surface area contributed by atoms with E-state index in [1.54, 1.807) is 0 Å². The highest BCUT2D eigenvalue weighted by atomic mass is 15.2. The molecule has 1 aromatic carbocycles. The zero-order valence-corrected chi connectivity index (χ0v) is 13.2. The zero-order valence-electron chi connectivity index (χ0n) is 13.2. The highest BCUT2D eigenvalue weighted by Crippen LogP contribution is 2.47. The molecule has 2 heteroatoms. The van der Waals surface area contributed by atoms with Crippen LogP contribution in [0.5, 0.6) is 0 Å². The molecule has 0 saturated carbocycles. The van der Waals surface area contributed by atoms with Crippen LogP contribution in [0.15, 0.2) is 24.3 Å². The smallest absolute Gasteiger partial charge is 0.00480 e. The Morgan fingerprint density at radius 1 is 1.20 bits per heavy atom. The van der Waals surface area contributed by atoms with Gasteiger partial charge >= 0.3 is 0 Å². The van der Waals surface area contributed by atoms with Gasteiger partial charge < -0.3 is 10.2 Å². The van der Waals surface area contributed by atoms with E-state index in [2.05, 4.69) is 55.3 Å². The van der Waals surface area contributed by atoms with E-state index < -0.39 is 0 Å². The highest BCUT2D eigenvalue weighted by molar-refractivity contribution is 5.28. The second kappa shape index (κ2) is 5.50. The Balaban J connectivity index is 1.86. The van der Waals surface area contributed by atoms with Crippen LogP contribution >= 0.6 is 0 Å². The van der Waals surface area contributed by atoms with Gasteiger partial charge in [0.1, 0.15) is 0 Å². The third kappa shape index (κ3) is 2.51. The highest BCUT2D eigenvalue weighted by Gasteiger charge is 2.46. The number of nitrogens with one attached hydrogen (secondary N) is 1. The van der Waals surface area contributed by atoms with Gasteiger partial charge in [-0.2, -0.15) is 0 Å². The van der Waals surface area contributed by atoms with E-state index in [9.17, 15) is 0 Å². The van der Waals surface area contributed by atoms with Gasteiger partial charge in [-0.05, 0) is 57.7 Å². The van der Waals surface area contributed by atoms with Crippen LogP contribution in [0.2, 0.25) is 0 Å². The summed E-state index contributed by atoms with van der Waals surface area (Å²) < 4.78 is 0. The second-order valence-electron chi connectivity index (χ2n) is 7.09. The number of nitrogens with zero attached hydrogens (tertiary/aromatic N) is 1. The molecule has 0 aliphatic carbocycles. The van der Waals surface area contributed by atoms with Gasteiger partial charge in [0.05, 0.1) is 0 Å². The number of hydrogen-bond acceptors (Lipinski definition) is 2. The van der Waals surface area contributed by atoms with Gasteiger partial charge in [-0.3, -0.25) is 0 Å². The van der Waals surface area contributed by atoms with Gasteiger partial charge in [-0.25, -0.2) is 0 Å². The lowest BCUT2D eigenvalue weighted by Gasteiger charge is -2.42. The minimum Gasteiger partial charge on any atom is -0.316 e. The number of piperidine rings is 1. The number of aryl methyl sites for hydroxylation is 1. The van der Waals surface area contributed by atoms with Crippen molar-refractivity contribution in [1.29, 1.82) is 0 Å². The first kappa shape index (κ1) is 14.1. The fourth-order valence-electron chi connectivity index (χ4n) is 4.10. The van der Waals surface area contributed by atoms with E-state index in [4.69, 9.17) is 0 Å². The van der Waals surface area contributed by atoms with E-state index in [0.717, 1.165) is 6.54 Å². The quantitative estimate of drug-likeness (QED) is 0.889. The Hall–Kier alpha value is -0.860. The molecule has 2 saturated heterocycles. The Labute approximate surface area is 123 Å². The van der Waals surface area contributed by atoms with E-state index in [1.807, 2.05) is 0 Å². The Kier molecular flexibility index (Phi) is 3.87. The van der Waals surface area contributed by atoms with Gasteiger partial charge in [0, 0.05) is 25.0 Å². The van der Waals surface area contributed by atoms with Gasteiger partial charge in [0.15, 0.2) is 0 Å². The average molecular weight is 272 g/mol. The van der Waals surface area contributed by atoms with Crippen LogP contribution in [0.1, 0.15) is 43.7 Å². The number of likely N-dealkylation sites (tertiary alicyclic amines) is 1. The first-order valence-corrected chi connectivity index (χ1v) is 8.12. The van der Waals surface area contributed by atoms with E-state index >= 15 is 0 Å². The molecule has 2 aliphatic rings. The summed E-state index contributed by atoms with van der Waals surface area (Å²) in [4.78, 5) is 2.67. The third-order valence-electron chi connectivity index (χ3n) is 5.51. The third-order valence-corrected chi connectivity index (χ3v) is 5.51. The fourth-order valence-corrected chi connectivity index (χ4v) is 4.10. The Bertz CT molecular complexity index is 451. The van der Waals surface area contributed by atoms with E-state index in [1.165, 1.54) is 43.6 Å². The SMILES string of the molecule is Cc1ccc(C2CNCCC23CCN(C(C)C)C3)cc1. The maximum Gasteiger partial charge on any atom is 0.00480 e. The van der Waals surface area contributed by atoms with Crippen LogP contribution in [0.25, 0.3) is 0 Å². The maximum absolute atomic E-state index is 3.62. The van der Waals surface area contributed by atoms with Crippen molar-refractivity contribution in [2.75, 3.05) is 26.2 Å². The van der Waals surface area contributed by atoms with Crippen LogP contribution in [0, 0.1) is 12.3 Å². The van der Waals surface area contributed by atoms with Crippen molar-refractivity contribution in [2.45, 2.75) is 45.6 Å². The molecule has 20 heavy (non-hydrogen) atoms. The van der Waals surface area contributed by atoms with Crippen LogP contribution in [-0.2, 0) is 0 Å². The monoisotopic (exact) mass is 272 g/mol. The molecule has 3 rings (SSSR count). The van der Waals surface area contributed by atoms with E-state index in [0.29, 0.717) is 17.4 Å². The van der Waals surface area contributed by atoms with Crippen molar-refractivity contribution < 1.29 is 0 Å². The van der Waals surface area contributed by atoms with Gasteiger partial charge in [-0.1, -0.05) is 29.8 Å². The van der Waals surface area contributed by atoms with Crippen LogP contribution in [0.4, 0.5) is 0 Å². The maximum atomic E-state index is 3.62. The van der Waals surface area contributed by atoms with Crippen LogP contribution < -0.4 is 5.32 Å². The normalized spacial score (nSPS) is 31.3. The molecule has 2 unspecified atom stereocenters. The molecule has 2 nitrogen and oxygen atoms in total. The molecule has 0 radical (unpaired) electrons. The summed E-state index contributed by atoms with van der Waals surface area (Å²) in [5.41, 5.74) is 3.40. The Morgan fingerprint density at radius 2 is 1.95 bits per heavy atom. The lowest BCUT2D eigenvalue weighted by molar-refractivity contribution is 0.152. The van der Waals surface area contributed by atoms with Gasteiger partial charge in [0.25, 0.3) is 0 Å². The van der Waals surface area contributed by atoms with Crippen LogP contribution in [0.3, 0.4) is 0 Å². The van der Waals surface area contributed by atoms with Crippen LogP contribution in [-0.4, -0.2) is 37.1 Å². The number of rotatable bonds is 2. The summed E-state index contributed by atoms with van der Waals surface area (Å²) in [5, 5.41) is 3.62. The predicted molar refractivity (Wildman–Crippen MR) is 85.2 cm³/mol. The number of hydrogen-bond donors (Lipinski definition) is 1. The standard InChI is InChI=1S/C18H28N2/c1-14(2)20-11-9-18(13-20)8-10-19-12-17(18)16-6-4-15(3)5-7-16/h4-7,14,17,19H,8-13H2,1-3H3. The zero-order chi connectivity index (χ0) is 14.2. The molecule has 0 amide bonds. The van der Waals surface area contributed by atoms with Crippen molar-refractivity contribution in [3.63, 3.8) is 0 Å². The fraction of sp³-hybridized carbons (Fsp3) is 0.667. The van der Waals surface area contributed by atoms with Crippen molar-refractivity contribution >= 4 is 0 Å². The molecule has 2 heterocycles. The van der Waals surface area contributed by atoms with Crippen molar-refractivity contribution in [2.24, 2.45) is 5.41 Å². The first-order valence-electron chi connectivity index (χ1n) is 8.12. The minimum atomic E-state index is 0.505. The molecule has 1 N–H and O–H groups in total. The van der Waals surface area contributed by atoms with Gasteiger partial charge in [0.2, 0.25) is 0 Å². The summed E-state index contributed by atoms with van der Waals surface area (Å²) in [6.45, 7) is 11.7.